The SMILES string of the molecule is [C-]#[N+]c1cccc2c3ccccc3n(-c3ccc(-c4ccccc4-c4ccccc4-n4c5ccccc5c5ccccc54)c(C#N)c3)c12. The monoisotopic (exact) mass is 610 g/mol. The summed E-state index contributed by atoms with van der Waals surface area (Å²) in [7, 11) is 0. The summed E-state index contributed by atoms with van der Waals surface area (Å²) in [5.41, 5.74) is 11.2. The number of hydrogen-bond donors (Lipinski definition) is 0. The molecule has 48 heavy (non-hydrogen) atoms. The van der Waals surface area contributed by atoms with E-state index in [-0.39, 0.29) is 0 Å². The predicted molar refractivity (Wildman–Crippen MR) is 197 cm³/mol. The maximum absolute atomic E-state index is 10.6. The van der Waals surface area contributed by atoms with Crippen LogP contribution >= 0.6 is 0 Å². The Morgan fingerprint density at radius 2 is 1.00 bits per heavy atom. The van der Waals surface area contributed by atoms with Crippen LogP contribution in [0, 0.1) is 17.9 Å². The van der Waals surface area contributed by atoms with Crippen molar-refractivity contribution in [1.82, 2.24) is 9.13 Å². The van der Waals surface area contributed by atoms with Crippen molar-refractivity contribution < 1.29 is 0 Å². The van der Waals surface area contributed by atoms with Crippen molar-refractivity contribution in [3.8, 4) is 39.7 Å². The van der Waals surface area contributed by atoms with Crippen molar-refractivity contribution >= 4 is 49.3 Å². The lowest BCUT2D eigenvalue weighted by Crippen LogP contribution is -1.99. The summed E-state index contributed by atoms with van der Waals surface area (Å²) < 4.78 is 4.47. The lowest BCUT2D eigenvalue weighted by molar-refractivity contribution is 1.18. The van der Waals surface area contributed by atoms with Gasteiger partial charge in [-0.1, -0.05) is 121 Å². The first kappa shape index (κ1) is 27.4. The maximum Gasteiger partial charge on any atom is 0.211 e. The minimum atomic E-state index is 0.570. The Kier molecular flexibility index (Phi) is 6.22. The Labute approximate surface area is 277 Å². The summed E-state index contributed by atoms with van der Waals surface area (Å²) in [6.45, 7) is 7.90. The van der Waals surface area contributed by atoms with Gasteiger partial charge in [-0.2, -0.15) is 5.26 Å². The van der Waals surface area contributed by atoms with Gasteiger partial charge in [0.2, 0.25) is 5.69 Å². The minimum absolute atomic E-state index is 0.570. The Morgan fingerprint density at radius 1 is 0.479 bits per heavy atom. The maximum atomic E-state index is 10.6. The van der Waals surface area contributed by atoms with E-state index in [9.17, 15) is 5.26 Å². The van der Waals surface area contributed by atoms with E-state index in [1.807, 2.05) is 36.4 Å². The van der Waals surface area contributed by atoms with Gasteiger partial charge in [-0.15, -0.1) is 0 Å². The number of aromatic nitrogens is 2. The van der Waals surface area contributed by atoms with Crippen molar-refractivity contribution in [2.45, 2.75) is 0 Å². The van der Waals surface area contributed by atoms with Crippen LogP contribution in [0.4, 0.5) is 5.69 Å². The van der Waals surface area contributed by atoms with Crippen LogP contribution in [0.2, 0.25) is 0 Å². The van der Waals surface area contributed by atoms with Crippen LogP contribution in [0.25, 0.3) is 82.1 Å². The van der Waals surface area contributed by atoms with Crippen molar-refractivity contribution in [3.63, 3.8) is 0 Å². The first-order chi connectivity index (χ1) is 23.8. The Morgan fingerprint density at radius 3 is 1.65 bits per heavy atom. The van der Waals surface area contributed by atoms with Crippen molar-refractivity contribution in [3.05, 3.63) is 175 Å². The predicted octanol–water partition coefficient (Wildman–Crippen LogP) is 11.6. The molecule has 0 saturated carbocycles. The van der Waals surface area contributed by atoms with Crippen molar-refractivity contribution in [2.75, 3.05) is 0 Å². The topological polar surface area (TPSA) is 38.0 Å². The second kappa shape index (κ2) is 10.9. The average molecular weight is 611 g/mol. The first-order valence-electron chi connectivity index (χ1n) is 15.9. The Balaban J connectivity index is 1.26. The second-order valence-corrected chi connectivity index (χ2v) is 11.9. The smallest absolute Gasteiger partial charge is 0.211 e. The molecule has 0 amide bonds. The van der Waals surface area contributed by atoms with Gasteiger partial charge in [0.25, 0.3) is 0 Å². The van der Waals surface area contributed by atoms with Crippen LogP contribution in [-0.2, 0) is 0 Å². The summed E-state index contributed by atoms with van der Waals surface area (Å²) in [5, 5.41) is 15.1. The molecule has 7 aromatic carbocycles. The molecule has 0 radical (unpaired) electrons. The molecule has 2 aromatic heterocycles. The van der Waals surface area contributed by atoms with Crippen LogP contribution in [0.15, 0.2) is 158 Å². The third-order valence-electron chi connectivity index (χ3n) is 9.41. The fourth-order valence-corrected chi connectivity index (χ4v) is 7.39. The number of hydrogen-bond acceptors (Lipinski definition) is 1. The second-order valence-electron chi connectivity index (χ2n) is 11.9. The van der Waals surface area contributed by atoms with Gasteiger partial charge in [-0.05, 0) is 52.9 Å². The zero-order valence-electron chi connectivity index (χ0n) is 25.8. The molecule has 0 unspecified atom stereocenters. The molecule has 0 atom stereocenters. The Hall–Kier alpha value is -6.88. The third-order valence-corrected chi connectivity index (χ3v) is 9.41. The summed E-state index contributed by atoms with van der Waals surface area (Å²) in [6, 6.07) is 56.6. The highest BCUT2D eigenvalue weighted by atomic mass is 15.0. The van der Waals surface area contributed by atoms with E-state index in [1.165, 1.54) is 10.8 Å². The van der Waals surface area contributed by atoms with Gasteiger partial charge in [0.1, 0.15) is 0 Å². The van der Waals surface area contributed by atoms with Crippen LogP contribution < -0.4 is 0 Å². The van der Waals surface area contributed by atoms with E-state index in [1.54, 1.807) is 0 Å². The quantitative estimate of drug-likeness (QED) is 0.183. The molecule has 0 saturated heterocycles. The number of benzene rings is 7. The molecule has 222 valence electrons. The van der Waals surface area contributed by atoms with Crippen LogP contribution in [0.5, 0.6) is 0 Å². The molecule has 0 fully saturated rings. The summed E-state index contributed by atoms with van der Waals surface area (Å²) in [4.78, 5) is 3.86. The zero-order chi connectivity index (χ0) is 32.2. The van der Waals surface area contributed by atoms with Crippen LogP contribution in [0.1, 0.15) is 5.56 Å². The van der Waals surface area contributed by atoms with Gasteiger partial charge >= 0.3 is 0 Å². The number of rotatable bonds is 4. The highest BCUT2D eigenvalue weighted by molar-refractivity contribution is 6.13. The number of nitrogens with zero attached hydrogens (tertiary/aromatic N) is 4. The molecule has 2 heterocycles. The summed E-state index contributed by atoms with van der Waals surface area (Å²) in [6.07, 6.45) is 0. The molecule has 0 aliphatic carbocycles. The molecule has 4 nitrogen and oxygen atoms in total. The van der Waals surface area contributed by atoms with E-state index >= 15 is 0 Å². The van der Waals surface area contributed by atoms with E-state index in [4.69, 9.17) is 6.57 Å². The largest absolute Gasteiger partial charge is 0.319 e. The van der Waals surface area contributed by atoms with Gasteiger partial charge in [-0.3, -0.25) is 0 Å². The third kappa shape index (κ3) is 4.01. The molecule has 0 aliphatic rings. The molecule has 0 aliphatic heterocycles. The van der Waals surface area contributed by atoms with Crippen molar-refractivity contribution in [2.24, 2.45) is 0 Å². The highest BCUT2D eigenvalue weighted by Crippen LogP contribution is 2.42. The molecule has 4 heteroatoms. The summed E-state index contributed by atoms with van der Waals surface area (Å²) in [5.74, 6) is 0. The fraction of sp³-hybridized carbons (Fsp3) is 0. The zero-order valence-corrected chi connectivity index (χ0v) is 25.8. The summed E-state index contributed by atoms with van der Waals surface area (Å²) >= 11 is 0. The van der Waals surface area contributed by atoms with Gasteiger partial charge in [0.05, 0.1) is 46.0 Å². The number of nitriles is 1. The van der Waals surface area contributed by atoms with E-state index in [0.29, 0.717) is 11.3 Å². The number of fused-ring (bicyclic) bond motifs is 6. The molecular weight excluding hydrogens is 585 g/mol. The Bertz CT molecular complexity index is 2760. The van der Waals surface area contributed by atoms with Crippen LogP contribution in [0.3, 0.4) is 0 Å². The average Bonchev–Trinajstić information content (AvgIpc) is 3.68. The molecular formula is C44H26N4. The van der Waals surface area contributed by atoms with Gasteiger partial charge in [0.15, 0.2) is 0 Å². The highest BCUT2D eigenvalue weighted by Gasteiger charge is 2.20. The molecule has 0 bridgehead atoms. The fourth-order valence-electron chi connectivity index (χ4n) is 7.39. The molecule has 0 spiro atoms. The first-order valence-corrected chi connectivity index (χ1v) is 15.9. The molecule has 9 aromatic rings. The lowest BCUT2D eigenvalue weighted by Gasteiger charge is -2.18. The lowest BCUT2D eigenvalue weighted by atomic mass is 9.91. The minimum Gasteiger partial charge on any atom is -0.319 e. The molecule has 0 N–H and O–H groups in total. The normalized spacial score (nSPS) is 11.3. The van der Waals surface area contributed by atoms with Crippen LogP contribution in [-0.4, -0.2) is 9.13 Å². The van der Waals surface area contributed by atoms with Crippen molar-refractivity contribution in [1.29, 1.82) is 5.26 Å². The van der Waals surface area contributed by atoms with Gasteiger partial charge in [0, 0.05) is 33.0 Å². The standard InChI is InChI=1S/C44H26N4/c1-46-39-20-12-19-38-37-18-7-8-21-40(37)47(44(38)39)30-25-26-31(29(27-30)28-45)32-13-2-3-14-33(32)34-15-4-9-22-41(34)48-42-23-10-5-16-35(42)36-17-6-11-24-43(36)48/h2-27H. The number of para-hydroxylation sites is 5. The van der Waals surface area contributed by atoms with E-state index in [2.05, 4.69) is 141 Å². The van der Waals surface area contributed by atoms with Gasteiger partial charge in [-0.25, -0.2) is 4.85 Å². The van der Waals surface area contributed by atoms with Gasteiger partial charge < -0.3 is 9.13 Å². The van der Waals surface area contributed by atoms with E-state index in [0.717, 1.165) is 66.5 Å². The van der Waals surface area contributed by atoms with E-state index < -0.39 is 0 Å². The molecule has 9 rings (SSSR count).